The molecular formula is C10H13Cl. The van der Waals surface area contributed by atoms with Gasteiger partial charge in [-0.05, 0) is 49.1 Å². The van der Waals surface area contributed by atoms with Crippen LogP contribution >= 0.6 is 11.6 Å². The van der Waals surface area contributed by atoms with Crippen LogP contribution in [0, 0.1) is 13.8 Å². The minimum atomic E-state index is 0.845. The second kappa shape index (κ2) is 3.27. The van der Waals surface area contributed by atoms with E-state index < -0.39 is 0 Å². The van der Waals surface area contributed by atoms with Gasteiger partial charge in [0, 0.05) is 5.02 Å². The molecule has 1 aromatic rings. The van der Waals surface area contributed by atoms with Gasteiger partial charge in [0.25, 0.3) is 0 Å². The second-order valence-corrected chi connectivity index (χ2v) is 3.31. The summed E-state index contributed by atoms with van der Waals surface area (Å²) in [5.41, 5.74) is 4.03. The maximum atomic E-state index is 5.88. The summed E-state index contributed by atoms with van der Waals surface area (Å²) in [5, 5.41) is 0.845. The van der Waals surface area contributed by atoms with E-state index in [4.69, 9.17) is 11.6 Å². The first-order valence-electron chi connectivity index (χ1n) is 3.90. The molecule has 0 amide bonds. The van der Waals surface area contributed by atoms with Crippen molar-refractivity contribution < 1.29 is 0 Å². The predicted molar refractivity (Wildman–Crippen MR) is 50.3 cm³/mol. The monoisotopic (exact) mass is 168 g/mol. The lowest BCUT2D eigenvalue weighted by molar-refractivity contribution is 1.08. The van der Waals surface area contributed by atoms with E-state index in [1.165, 1.54) is 16.7 Å². The van der Waals surface area contributed by atoms with Crippen LogP contribution in [0.3, 0.4) is 0 Å². The highest BCUT2D eigenvalue weighted by atomic mass is 35.5. The molecule has 0 radical (unpaired) electrons. The number of hydrogen-bond donors (Lipinski definition) is 0. The van der Waals surface area contributed by atoms with Gasteiger partial charge in [0.15, 0.2) is 0 Å². The van der Waals surface area contributed by atoms with Gasteiger partial charge in [0.2, 0.25) is 0 Å². The number of hydrogen-bond acceptors (Lipinski definition) is 0. The van der Waals surface area contributed by atoms with Crippen LogP contribution in [0.15, 0.2) is 12.1 Å². The summed E-state index contributed by atoms with van der Waals surface area (Å²) in [7, 11) is 0. The van der Waals surface area contributed by atoms with Crippen LogP contribution in [-0.2, 0) is 6.42 Å². The summed E-state index contributed by atoms with van der Waals surface area (Å²) < 4.78 is 0. The third kappa shape index (κ3) is 1.75. The van der Waals surface area contributed by atoms with Gasteiger partial charge in [-0.25, -0.2) is 0 Å². The maximum Gasteiger partial charge on any atom is 0.0411 e. The molecule has 0 saturated carbocycles. The largest absolute Gasteiger partial charge is 0.0843 e. The van der Waals surface area contributed by atoms with Gasteiger partial charge < -0.3 is 0 Å². The fourth-order valence-corrected chi connectivity index (χ4v) is 1.83. The molecule has 1 rings (SSSR count). The summed E-state index contributed by atoms with van der Waals surface area (Å²) in [6.45, 7) is 6.39. The van der Waals surface area contributed by atoms with Gasteiger partial charge in [-0.15, -0.1) is 0 Å². The highest BCUT2D eigenvalue weighted by Crippen LogP contribution is 2.19. The van der Waals surface area contributed by atoms with E-state index in [0.717, 1.165) is 11.4 Å². The molecule has 1 aromatic carbocycles. The smallest absolute Gasteiger partial charge is 0.0411 e. The minimum absolute atomic E-state index is 0.845. The topological polar surface area (TPSA) is 0 Å². The highest BCUT2D eigenvalue weighted by molar-refractivity contribution is 6.30. The third-order valence-corrected chi connectivity index (χ3v) is 2.23. The first kappa shape index (κ1) is 8.61. The van der Waals surface area contributed by atoms with E-state index in [-0.39, 0.29) is 0 Å². The van der Waals surface area contributed by atoms with E-state index in [1.807, 2.05) is 12.1 Å². The van der Waals surface area contributed by atoms with Crippen LogP contribution in [-0.4, -0.2) is 0 Å². The molecule has 0 spiro atoms. The highest BCUT2D eigenvalue weighted by Gasteiger charge is 2.00. The Morgan fingerprint density at radius 2 is 1.64 bits per heavy atom. The van der Waals surface area contributed by atoms with Crippen LogP contribution < -0.4 is 0 Å². The molecule has 11 heavy (non-hydrogen) atoms. The standard InChI is InChI=1S/C10H13Cl/c1-4-10-7(2)5-9(11)6-8(10)3/h5-6H,4H2,1-3H3. The van der Waals surface area contributed by atoms with Crippen molar-refractivity contribution in [3.8, 4) is 0 Å². The zero-order chi connectivity index (χ0) is 8.43. The van der Waals surface area contributed by atoms with Crippen molar-refractivity contribution in [2.45, 2.75) is 27.2 Å². The van der Waals surface area contributed by atoms with Crippen LogP contribution in [0.2, 0.25) is 5.02 Å². The Balaban J connectivity index is 3.25. The number of aryl methyl sites for hydroxylation is 2. The Labute approximate surface area is 73.2 Å². The third-order valence-electron chi connectivity index (χ3n) is 2.01. The van der Waals surface area contributed by atoms with Crippen molar-refractivity contribution in [1.29, 1.82) is 0 Å². The zero-order valence-electron chi connectivity index (χ0n) is 7.24. The van der Waals surface area contributed by atoms with E-state index in [1.54, 1.807) is 0 Å². The van der Waals surface area contributed by atoms with E-state index in [2.05, 4.69) is 20.8 Å². The van der Waals surface area contributed by atoms with Crippen LogP contribution in [0.25, 0.3) is 0 Å². The van der Waals surface area contributed by atoms with Gasteiger partial charge in [0.05, 0.1) is 0 Å². The molecule has 0 aliphatic heterocycles. The summed E-state index contributed by atoms with van der Waals surface area (Å²) in [5.74, 6) is 0. The molecule has 60 valence electrons. The van der Waals surface area contributed by atoms with Crippen molar-refractivity contribution in [3.05, 3.63) is 33.8 Å². The van der Waals surface area contributed by atoms with Gasteiger partial charge in [-0.1, -0.05) is 18.5 Å². The van der Waals surface area contributed by atoms with Crippen molar-refractivity contribution >= 4 is 11.6 Å². The zero-order valence-corrected chi connectivity index (χ0v) is 8.00. The van der Waals surface area contributed by atoms with E-state index in [0.29, 0.717) is 0 Å². The van der Waals surface area contributed by atoms with E-state index >= 15 is 0 Å². The Morgan fingerprint density at radius 1 is 1.18 bits per heavy atom. The van der Waals surface area contributed by atoms with Crippen LogP contribution in [0.1, 0.15) is 23.6 Å². The molecule has 0 N–H and O–H groups in total. The van der Waals surface area contributed by atoms with Crippen molar-refractivity contribution in [2.24, 2.45) is 0 Å². The fourth-order valence-electron chi connectivity index (χ4n) is 1.50. The summed E-state index contributed by atoms with van der Waals surface area (Å²) in [4.78, 5) is 0. The molecule has 0 aliphatic carbocycles. The number of benzene rings is 1. The summed E-state index contributed by atoms with van der Waals surface area (Å²) in [6.07, 6.45) is 1.09. The normalized spacial score (nSPS) is 10.2. The fraction of sp³-hybridized carbons (Fsp3) is 0.400. The number of halogens is 1. The molecule has 0 heterocycles. The molecule has 0 fully saturated rings. The second-order valence-electron chi connectivity index (χ2n) is 2.87. The Hall–Kier alpha value is -0.490. The lowest BCUT2D eigenvalue weighted by Gasteiger charge is -2.07. The quantitative estimate of drug-likeness (QED) is 0.602. The first-order valence-corrected chi connectivity index (χ1v) is 4.28. The molecule has 0 saturated heterocycles. The van der Waals surface area contributed by atoms with Crippen LogP contribution in [0.5, 0.6) is 0 Å². The van der Waals surface area contributed by atoms with Gasteiger partial charge in [-0.3, -0.25) is 0 Å². The molecule has 0 aromatic heterocycles. The molecule has 1 heteroatoms. The van der Waals surface area contributed by atoms with Gasteiger partial charge >= 0.3 is 0 Å². The van der Waals surface area contributed by atoms with Crippen molar-refractivity contribution in [2.75, 3.05) is 0 Å². The average molecular weight is 169 g/mol. The lowest BCUT2D eigenvalue weighted by Crippen LogP contribution is -1.90. The Bertz CT molecular complexity index is 241. The molecular weight excluding hydrogens is 156 g/mol. The maximum absolute atomic E-state index is 5.88. The number of rotatable bonds is 1. The van der Waals surface area contributed by atoms with Crippen molar-refractivity contribution in [1.82, 2.24) is 0 Å². The SMILES string of the molecule is CCc1c(C)cc(Cl)cc1C. The van der Waals surface area contributed by atoms with E-state index in [9.17, 15) is 0 Å². The molecule has 0 unspecified atom stereocenters. The predicted octanol–water partition coefficient (Wildman–Crippen LogP) is 3.52. The Morgan fingerprint density at radius 3 is 2.00 bits per heavy atom. The molecule has 0 nitrogen and oxygen atoms in total. The summed E-state index contributed by atoms with van der Waals surface area (Å²) in [6, 6.07) is 4.04. The van der Waals surface area contributed by atoms with Crippen LogP contribution in [0.4, 0.5) is 0 Å². The molecule has 0 bridgehead atoms. The summed E-state index contributed by atoms with van der Waals surface area (Å²) >= 11 is 5.88. The average Bonchev–Trinajstić information content (AvgIpc) is 1.85. The minimum Gasteiger partial charge on any atom is -0.0843 e. The Kier molecular flexibility index (Phi) is 2.56. The van der Waals surface area contributed by atoms with Gasteiger partial charge in [0.1, 0.15) is 0 Å². The first-order chi connectivity index (χ1) is 5.15. The van der Waals surface area contributed by atoms with Crippen molar-refractivity contribution in [3.63, 3.8) is 0 Å². The van der Waals surface area contributed by atoms with Gasteiger partial charge in [-0.2, -0.15) is 0 Å². The lowest BCUT2D eigenvalue weighted by atomic mass is 10.0. The molecule has 0 atom stereocenters. The molecule has 0 aliphatic rings.